The van der Waals surface area contributed by atoms with Gasteiger partial charge in [-0.3, -0.25) is 4.99 Å². The molecule has 3 N–H and O–H groups in total. The van der Waals surface area contributed by atoms with Gasteiger partial charge >= 0.3 is 0 Å². The molecule has 0 amide bonds. The molecule has 1 aliphatic carbocycles. The van der Waals surface area contributed by atoms with Crippen molar-refractivity contribution in [2.45, 2.75) is 70.9 Å². The normalized spacial score (nSPS) is 20.5. The number of nitrogens with two attached hydrogens (primary N) is 1. The summed E-state index contributed by atoms with van der Waals surface area (Å²) in [7, 11) is 0. The van der Waals surface area contributed by atoms with Crippen LogP contribution in [0.4, 0.5) is 0 Å². The van der Waals surface area contributed by atoms with Crippen LogP contribution in [-0.4, -0.2) is 18.0 Å². The average molecular weight is 211 g/mol. The van der Waals surface area contributed by atoms with Crippen LogP contribution < -0.4 is 11.1 Å². The Morgan fingerprint density at radius 1 is 1.40 bits per heavy atom. The molecule has 0 aromatic rings. The van der Waals surface area contributed by atoms with Gasteiger partial charge < -0.3 is 11.1 Å². The molecule has 1 rings (SSSR count). The van der Waals surface area contributed by atoms with Gasteiger partial charge in [0.15, 0.2) is 5.96 Å². The summed E-state index contributed by atoms with van der Waals surface area (Å²) in [4.78, 5) is 4.53. The third-order valence-electron chi connectivity index (χ3n) is 3.13. The van der Waals surface area contributed by atoms with Crippen molar-refractivity contribution in [3.05, 3.63) is 0 Å². The summed E-state index contributed by atoms with van der Waals surface area (Å²) in [5, 5.41) is 3.32. The molecule has 0 saturated heterocycles. The Morgan fingerprint density at radius 3 is 2.60 bits per heavy atom. The van der Waals surface area contributed by atoms with Crippen LogP contribution in [0.3, 0.4) is 0 Å². The van der Waals surface area contributed by atoms with Gasteiger partial charge in [0.25, 0.3) is 0 Å². The first kappa shape index (κ1) is 12.3. The van der Waals surface area contributed by atoms with E-state index in [4.69, 9.17) is 5.73 Å². The molecule has 15 heavy (non-hydrogen) atoms. The number of aliphatic imine (C=N–C) groups is 1. The minimum Gasteiger partial charge on any atom is -0.370 e. The van der Waals surface area contributed by atoms with Gasteiger partial charge in [0.1, 0.15) is 0 Å². The first-order valence-electron chi connectivity index (χ1n) is 6.36. The molecule has 1 aliphatic rings. The Hall–Kier alpha value is -0.730. The maximum atomic E-state index is 5.90. The lowest BCUT2D eigenvalue weighted by molar-refractivity contribution is 0.531. The fourth-order valence-corrected chi connectivity index (χ4v) is 2.20. The molecule has 0 aliphatic heterocycles. The lowest BCUT2D eigenvalue weighted by Gasteiger charge is -2.17. The third-order valence-corrected chi connectivity index (χ3v) is 3.13. The Morgan fingerprint density at radius 2 is 2.07 bits per heavy atom. The van der Waals surface area contributed by atoms with E-state index >= 15 is 0 Å². The molecule has 0 aromatic carbocycles. The molecule has 0 radical (unpaired) electrons. The number of hydrogen-bond acceptors (Lipinski definition) is 1. The maximum Gasteiger partial charge on any atom is 0.189 e. The van der Waals surface area contributed by atoms with E-state index < -0.39 is 0 Å². The van der Waals surface area contributed by atoms with Crippen molar-refractivity contribution in [1.82, 2.24) is 5.32 Å². The summed E-state index contributed by atoms with van der Waals surface area (Å²) >= 11 is 0. The standard InChI is InChI=1S/C12H25N3/c1-3-7-10(4-2)14-12(13)15-11-8-5-6-9-11/h10-11H,3-9H2,1-2H3,(H3,13,14,15). The highest BCUT2D eigenvalue weighted by molar-refractivity contribution is 5.78. The SMILES string of the molecule is CCCC(CC)NC(N)=NC1CCCC1. The summed E-state index contributed by atoms with van der Waals surface area (Å²) in [6, 6.07) is 0.983. The highest BCUT2D eigenvalue weighted by atomic mass is 15.1. The summed E-state index contributed by atoms with van der Waals surface area (Å²) in [5.41, 5.74) is 5.90. The van der Waals surface area contributed by atoms with Gasteiger partial charge in [-0.1, -0.05) is 33.1 Å². The van der Waals surface area contributed by atoms with Crippen LogP contribution in [0.25, 0.3) is 0 Å². The molecule has 3 nitrogen and oxygen atoms in total. The van der Waals surface area contributed by atoms with E-state index in [1.54, 1.807) is 0 Å². The van der Waals surface area contributed by atoms with Crippen LogP contribution in [0.15, 0.2) is 4.99 Å². The lowest BCUT2D eigenvalue weighted by atomic mass is 10.1. The van der Waals surface area contributed by atoms with Crippen molar-refractivity contribution in [2.24, 2.45) is 10.7 Å². The van der Waals surface area contributed by atoms with Gasteiger partial charge in [-0.15, -0.1) is 0 Å². The van der Waals surface area contributed by atoms with Crippen LogP contribution in [0.5, 0.6) is 0 Å². The van der Waals surface area contributed by atoms with Gasteiger partial charge in [0, 0.05) is 6.04 Å². The van der Waals surface area contributed by atoms with Crippen LogP contribution in [0.1, 0.15) is 58.8 Å². The van der Waals surface area contributed by atoms with E-state index in [0.29, 0.717) is 18.0 Å². The van der Waals surface area contributed by atoms with E-state index in [1.807, 2.05) is 0 Å². The van der Waals surface area contributed by atoms with E-state index in [0.717, 1.165) is 6.42 Å². The van der Waals surface area contributed by atoms with Gasteiger partial charge in [-0.2, -0.15) is 0 Å². The topological polar surface area (TPSA) is 50.4 Å². The number of nitrogens with one attached hydrogen (secondary N) is 1. The molecular formula is C12H25N3. The zero-order chi connectivity index (χ0) is 11.1. The van der Waals surface area contributed by atoms with Gasteiger partial charge in [-0.25, -0.2) is 0 Å². The molecule has 1 atom stereocenters. The first-order chi connectivity index (χ1) is 7.26. The highest BCUT2D eigenvalue weighted by Gasteiger charge is 2.14. The first-order valence-corrected chi connectivity index (χ1v) is 6.36. The van der Waals surface area contributed by atoms with Crippen LogP contribution in [0.2, 0.25) is 0 Å². The number of guanidine groups is 1. The predicted octanol–water partition coefficient (Wildman–Crippen LogP) is 2.41. The molecule has 1 unspecified atom stereocenters. The summed E-state index contributed by atoms with van der Waals surface area (Å²) in [6.07, 6.45) is 8.55. The second-order valence-corrected chi connectivity index (χ2v) is 4.49. The summed E-state index contributed by atoms with van der Waals surface area (Å²) < 4.78 is 0. The second kappa shape index (κ2) is 6.70. The zero-order valence-electron chi connectivity index (χ0n) is 10.1. The Bertz CT molecular complexity index is 195. The van der Waals surface area contributed by atoms with E-state index in [1.165, 1.54) is 38.5 Å². The number of rotatable bonds is 5. The highest BCUT2D eigenvalue weighted by Crippen LogP contribution is 2.20. The van der Waals surface area contributed by atoms with Crippen molar-refractivity contribution >= 4 is 5.96 Å². The monoisotopic (exact) mass is 211 g/mol. The number of nitrogens with zero attached hydrogens (tertiary/aromatic N) is 1. The van der Waals surface area contributed by atoms with E-state index in [9.17, 15) is 0 Å². The predicted molar refractivity (Wildman–Crippen MR) is 66.0 cm³/mol. The largest absolute Gasteiger partial charge is 0.370 e. The quantitative estimate of drug-likeness (QED) is 0.542. The Balaban J connectivity index is 2.34. The smallest absolute Gasteiger partial charge is 0.189 e. The molecule has 1 saturated carbocycles. The van der Waals surface area contributed by atoms with Crippen molar-refractivity contribution in [2.75, 3.05) is 0 Å². The van der Waals surface area contributed by atoms with Gasteiger partial charge in [0.2, 0.25) is 0 Å². The number of hydrogen-bond donors (Lipinski definition) is 2. The molecule has 88 valence electrons. The zero-order valence-corrected chi connectivity index (χ0v) is 10.1. The molecular weight excluding hydrogens is 186 g/mol. The lowest BCUT2D eigenvalue weighted by Crippen LogP contribution is -2.40. The average Bonchev–Trinajstić information content (AvgIpc) is 2.69. The van der Waals surface area contributed by atoms with E-state index in [-0.39, 0.29) is 0 Å². The van der Waals surface area contributed by atoms with Crippen molar-refractivity contribution < 1.29 is 0 Å². The fourth-order valence-electron chi connectivity index (χ4n) is 2.20. The van der Waals surface area contributed by atoms with Gasteiger partial charge in [-0.05, 0) is 25.7 Å². The minimum atomic E-state index is 0.483. The summed E-state index contributed by atoms with van der Waals surface area (Å²) in [6.45, 7) is 4.39. The van der Waals surface area contributed by atoms with Crippen LogP contribution in [0, 0.1) is 0 Å². The Labute approximate surface area is 93.5 Å². The molecule has 1 fully saturated rings. The van der Waals surface area contributed by atoms with Crippen LogP contribution >= 0.6 is 0 Å². The fraction of sp³-hybridized carbons (Fsp3) is 0.917. The van der Waals surface area contributed by atoms with Gasteiger partial charge in [0.05, 0.1) is 6.04 Å². The summed E-state index contributed by atoms with van der Waals surface area (Å²) in [5.74, 6) is 0.655. The Kier molecular flexibility index (Phi) is 5.51. The molecule has 0 aromatic heterocycles. The second-order valence-electron chi connectivity index (χ2n) is 4.49. The molecule has 0 spiro atoms. The van der Waals surface area contributed by atoms with Crippen molar-refractivity contribution in [3.63, 3.8) is 0 Å². The maximum absolute atomic E-state index is 5.90. The molecule has 0 bridgehead atoms. The van der Waals surface area contributed by atoms with Crippen molar-refractivity contribution in [1.29, 1.82) is 0 Å². The minimum absolute atomic E-state index is 0.483. The molecule has 3 heteroatoms. The van der Waals surface area contributed by atoms with Crippen LogP contribution in [-0.2, 0) is 0 Å². The van der Waals surface area contributed by atoms with E-state index in [2.05, 4.69) is 24.2 Å². The molecule has 0 heterocycles. The third kappa shape index (κ3) is 4.54. The van der Waals surface area contributed by atoms with Crippen molar-refractivity contribution in [3.8, 4) is 0 Å².